The van der Waals surface area contributed by atoms with Crippen LogP contribution >= 0.6 is 0 Å². The van der Waals surface area contributed by atoms with Crippen molar-refractivity contribution in [2.24, 2.45) is 0 Å². The van der Waals surface area contributed by atoms with Crippen LogP contribution in [0.1, 0.15) is 28.3 Å². The van der Waals surface area contributed by atoms with Gasteiger partial charge >= 0.3 is 0 Å². The molecule has 0 bridgehead atoms. The highest BCUT2D eigenvalue weighted by Gasteiger charge is 2.33. The van der Waals surface area contributed by atoms with Crippen LogP contribution in [0.5, 0.6) is 0 Å². The number of nitrogens with one attached hydrogen (secondary N) is 1. The Morgan fingerprint density at radius 1 is 1.05 bits per heavy atom. The first-order valence-electron chi connectivity index (χ1n) is 7.20. The van der Waals surface area contributed by atoms with E-state index in [2.05, 4.69) is 43.4 Å². The average Bonchev–Trinajstić information content (AvgIpc) is 3.31. The number of benzene rings is 2. The van der Waals surface area contributed by atoms with Gasteiger partial charge in [0.1, 0.15) is 0 Å². The van der Waals surface area contributed by atoms with E-state index in [4.69, 9.17) is 4.74 Å². The molecule has 0 saturated carbocycles. The van der Waals surface area contributed by atoms with Crippen molar-refractivity contribution in [3.05, 3.63) is 70.8 Å². The molecule has 1 amide bonds. The lowest BCUT2D eigenvalue weighted by Gasteiger charge is -2.23. The van der Waals surface area contributed by atoms with Crippen molar-refractivity contribution < 1.29 is 9.53 Å². The highest BCUT2D eigenvalue weighted by Crippen LogP contribution is 2.28. The summed E-state index contributed by atoms with van der Waals surface area (Å²) in [4.78, 5) is 12.1. The van der Waals surface area contributed by atoms with Crippen molar-refractivity contribution >= 4 is 5.91 Å². The molecular formula is C18H19NO2. The monoisotopic (exact) mass is 281 g/mol. The van der Waals surface area contributed by atoms with Crippen LogP contribution in [0.4, 0.5) is 0 Å². The Balaban J connectivity index is 2.00. The third kappa shape index (κ3) is 2.98. The van der Waals surface area contributed by atoms with Gasteiger partial charge in [-0.2, -0.15) is 0 Å². The van der Waals surface area contributed by atoms with Gasteiger partial charge in [-0.15, -0.1) is 0 Å². The van der Waals surface area contributed by atoms with Gasteiger partial charge in [-0.3, -0.25) is 4.79 Å². The van der Waals surface area contributed by atoms with E-state index < -0.39 is 0 Å². The summed E-state index contributed by atoms with van der Waals surface area (Å²) in [6.45, 7) is 4.67. The normalized spacial score (nSPS) is 16.8. The highest BCUT2D eigenvalue weighted by atomic mass is 16.6. The molecule has 1 N–H and O–H groups in total. The number of carbonyl (C=O) groups excluding carboxylic acids is 1. The maximum absolute atomic E-state index is 12.1. The van der Waals surface area contributed by atoms with Gasteiger partial charge in [-0.25, -0.2) is 0 Å². The van der Waals surface area contributed by atoms with E-state index in [1.807, 2.05) is 24.3 Å². The zero-order chi connectivity index (χ0) is 14.8. The Morgan fingerprint density at radius 2 is 1.52 bits per heavy atom. The van der Waals surface area contributed by atoms with Crippen molar-refractivity contribution in [1.82, 2.24) is 5.32 Å². The second kappa shape index (κ2) is 5.70. The van der Waals surface area contributed by atoms with Crippen LogP contribution in [0.3, 0.4) is 0 Å². The zero-order valence-corrected chi connectivity index (χ0v) is 12.3. The van der Waals surface area contributed by atoms with Crippen molar-refractivity contribution in [2.45, 2.75) is 26.0 Å². The largest absolute Gasteiger partial charge is 0.363 e. The molecule has 0 radical (unpaired) electrons. The molecule has 0 spiro atoms. The lowest BCUT2D eigenvalue weighted by Crippen LogP contribution is -2.33. The number of hydrogen-bond donors (Lipinski definition) is 1. The SMILES string of the molecule is Cc1ccccc1C(NC(=O)C1CO1)c1ccccc1C. The predicted molar refractivity (Wildman–Crippen MR) is 82.1 cm³/mol. The number of aryl methyl sites for hydroxylation is 2. The quantitative estimate of drug-likeness (QED) is 0.876. The van der Waals surface area contributed by atoms with Crippen LogP contribution in [0.15, 0.2) is 48.5 Å². The number of epoxide rings is 1. The summed E-state index contributed by atoms with van der Waals surface area (Å²) < 4.78 is 5.09. The number of ether oxygens (including phenoxy) is 1. The Bertz CT molecular complexity index is 616. The molecule has 1 atom stereocenters. The molecule has 1 aliphatic heterocycles. The standard InChI is InChI=1S/C18H19NO2/c1-12-7-3-5-9-14(12)17(19-18(20)16-11-21-16)15-10-6-4-8-13(15)2/h3-10,16-17H,11H2,1-2H3,(H,19,20). The second-order valence-electron chi connectivity index (χ2n) is 5.48. The summed E-state index contributed by atoms with van der Waals surface area (Å²) in [6, 6.07) is 16.2. The van der Waals surface area contributed by atoms with Crippen molar-refractivity contribution in [1.29, 1.82) is 0 Å². The number of rotatable bonds is 4. The molecule has 3 heteroatoms. The van der Waals surface area contributed by atoms with Crippen LogP contribution in [-0.4, -0.2) is 18.6 Å². The Hall–Kier alpha value is -2.13. The third-order valence-electron chi connectivity index (χ3n) is 3.91. The van der Waals surface area contributed by atoms with E-state index in [1.54, 1.807) is 0 Å². The summed E-state index contributed by atoms with van der Waals surface area (Å²) in [5.74, 6) is -0.0356. The fourth-order valence-electron chi connectivity index (χ4n) is 2.58. The van der Waals surface area contributed by atoms with Crippen molar-refractivity contribution in [3.63, 3.8) is 0 Å². The van der Waals surface area contributed by atoms with Gasteiger partial charge in [0, 0.05) is 0 Å². The first-order chi connectivity index (χ1) is 10.2. The van der Waals surface area contributed by atoms with Crippen LogP contribution in [-0.2, 0) is 9.53 Å². The van der Waals surface area contributed by atoms with Gasteiger partial charge in [0.2, 0.25) is 0 Å². The van der Waals surface area contributed by atoms with E-state index in [0.717, 1.165) is 11.1 Å². The molecule has 0 aromatic heterocycles. The van der Waals surface area contributed by atoms with Crippen LogP contribution in [0, 0.1) is 13.8 Å². The first-order valence-corrected chi connectivity index (χ1v) is 7.20. The summed E-state index contributed by atoms with van der Waals surface area (Å²) in [5, 5.41) is 3.13. The summed E-state index contributed by atoms with van der Waals surface area (Å²) >= 11 is 0. The van der Waals surface area contributed by atoms with Crippen molar-refractivity contribution in [2.75, 3.05) is 6.61 Å². The highest BCUT2D eigenvalue weighted by molar-refractivity contribution is 5.83. The van der Waals surface area contributed by atoms with E-state index in [9.17, 15) is 4.79 Å². The maximum atomic E-state index is 12.1. The Labute approximate surface area is 124 Å². The number of hydrogen-bond acceptors (Lipinski definition) is 2. The molecular weight excluding hydrogens is 262 g/mol. The summed E-state index contributed by atoms with van der Waals surface area (Å²) in [6.07, 6.45) is -0.277. The minimum Gasteiger partial charge on any atom is -0.363 e. The molecule has 1 heterocycles. The van der Waals surface area contributed by atoms with E-state index in [-0.39, 0.29) is 18.1 Å². The van der Waals surface area contributed by atoms with Gasteiger partial charge in [0.15, 0.2) is 6.10 Å². The zero-order valence-electron chi connectivity index (χ0n) is 12.3. The van der Waals surface area contributed by atoms with Gasteiger partial charge < -0.3 is 10.1 Å². The predicted octanol–water partition coefficient (Wildman–Crippen LogP) is 2.91. The molecule has 2 aromatic rings. The fraction of sp³-hybridized carbons (Fsp3) is 0.278. The minimum atomic E-state index is -0.277. The lowest BCUT2D eigenvalue weighted by atomic mass is 9.92. The van der Waals surface area contributed by atoms with Crippen LogP contribution in [0.25, 0.3) is 0 Å². The molecule has 0 aliphatic carbocycles. The van der Waals surface area contributed by atoms with E-state index in [1.165, 1.54) is 11.1 Å². The van der Waals surface area contributed by atoms with Gasteiger partial charge in [-0.1, -0.05) is 48.5 Å². The maximum Gasteiger partial charge on any atom is 0.252 e. The summed E-state index contributed by atoms with van der Waals surface area (Å²) in [7, 11) is 0. The topological polar surface area (TPSA) is 41.6 Å². The fourth-order valence-corrected chi connectivity index (χ4v) is 2.58. The van der Waals surface area contributed by atoms with Gasteiger partial charge in [0.05, 0.1) is 12.6 Å². The molecule has 3 nitrogen and oxygen atoms in total. The molecule has 1 unspecified atom stereocenters. The molecule has 3 rings (SSSR count). The molecule has 1 aliphatic rings. The molecule has 1 fully saturated rings. The number of amides is 1. The Morgan fingerprint density at radius 3 is 1.95 bits per heavy atom. The van der Waals surface area contributed by atoms with Crippen LogP contribution < -0.4 is 5.32 Å². The summed E-state index contributed by atoms with van der Waals surface area (Å²) in [5.41, 5.74) is 4.59. The Kier molecular flexibility index (Phi) is 3.76. The van der Waals surface area contributed by atoms with Crippen molar-refractivity contribution in [3.8, 4) is 0 Å². The average molecular weight is 281 g/mol. The van der Waals surface area contributed by atoms with Gasteiger partial charge in [-0.05, 0) is 36.1 Å². The second-order valence-corrected chi connectivity index (χ2v) is 5.48. The molecule has 1 saturated heterocycles. The smallest absolute Gasteiger partial charge is 0.252 e. The van der Waals surface area contributed by atoms with Gasteiger partial charge in [0.25, 0.3) is 5.91 Å². The van der Waals surface area contributed by atoms with E-state index in [0.29, 0.717) is 6.61 Å². The molecule has 108 valence electrons. The van der Waals surface area contributed by atoms with Crippen LogP contribution in [0.2, 0.25) is 0 Å². The van der Waals surface area contributed by atoms with E-state index >= 15 is 0 Å². The first kappa shape index (κ1) is 13.8. The molecule has 2 aromatic carbocycles. The lowest BCUT2D eigenvalue weighted by molar-refractivity contribution is -0.122. The minimum absolute atomic E-state index is 0.0356. The third-order valence-corrected chi connectivity index (χ3v) is 3.91. The molecule has 21 heavy (non-hydrogen) atoms. The number of carbonyl (C=O) groups is 1.